The van der Waals surface area contributed by atoms with E-state index in [-0.39, 0.29) is 11.8 Å². The fourth-order valence-corrected chi connectivity index (χ4v) is 4.20. The molecule has 3 unspecified atom stereocenters. The van der Waals surface area contributed by atoms with Gasteiger partial charge in [-0.3, -0.25) is 4.79 Å². The Morgan fingerprint density at radius 2 is 2.15 bits per heavy atom. The first-order chi connectivity index (χ1) is 9.41. The normalized spacial score (nSPS) is 29.1. The summed E-state index contributed by atoms with van der Waals surface area (Å²) in [7, 11) is -3.13. The molecule has 0 spiro atoms. The molecule has 0 aromatic carbocycles. The predicted molar refractivity (Wildman–Crippen MR) is 77.8 cm³/mol. The van der Waals surface area contributed by atoms with Gasteiger partial charge < -0.3 is 10.6 Å². The summed E-state index contributed by atoms with van der Waals surface area (Å²) in [5, 5.41) is 6.39. The number of nitrogens with one attached hydrogen (secondary N) is 2. The van der Waals surface area contributed by atoms with Crippen LogP contribution in [0.25, 0.3) is 0 Å². The minimum atomic E-state index is -3.13. The predicted octanol–water partition coefficient (Wildman–Crippen LogP) is -0.0853. The van der Waals surface area contributed by atoms with E-state index in [9.17, 15) is 13.2 Å². The van der Waals surface area contributed by atoms with Crippen molar-refractivity contribution in [2.45, 2.75) is 44.7 Å². The van der Waals surface area contributed by atoms with Crippen LogP contribution < -0.4 is 10.6 Å². The summed E-state index contributed by atoms with van der Waals surface area (Å²) in [6.07, 6.45) is 5.10. The lowest BCUT2D eigenvalue weighted by Gasteiger charge is -2.20. The van der Waals surface area contributed by atoms with Crippen molar-refractivity contribution in [3.8, 4) is 0 Å². The fraction of sp³-hybridized carbons (Fsp3) is 0.923. The highest BCUT2D eigenvalue weighted by Gasteiger charge is 2.42. The van der Waals surface area contributed by atoms with Crippen LogP contribution in [0, 0.1) is 5.92 Å². The number of hydrogen-bond acceptors (Lipinski definition) is 4. The standard InChI is InChI=1S/C13H25N3O3S/c1-3-16(20(2,18)19)8-4-7-14-13(17)11-9-10-5-6-12(11)15-10/h10-12,15H,3-9H2,1-2H3,(H,14,17). The highest BCUT2D eigenvalue weighted by atomic mass is 32.2. The third-order valence-corrected chi connectivity index (χ3v) is 5.72. The van der Waals surface area contributed by atoms with Crippen molar-refractivity contribution < 1.29 is 13.2 Å². The molecule has 2 saturated heterocycles. The Morgan fingerprint density at radius 3 is 2.65 bits per heavy atom. The molecule has 0 aromatic heterocycles. The van der Waals surface area contributed by atoms with E-state index in [1.54, 1.807) is 0 Å². The van der Waals surface area contributed by atoms with Crippen LogP contribution in [0.15, 0.2) is 0 Å². The van der Waals surface area contributed by atoms with E-state index in [1.165, 1.54) is 17.0 Å². The first-order valence-electron chi connectivity index (χ1n) is 7.40. The zero-order valence-electron chi connectivity index (χ0n) is 12.3. The zero-order valence-corrected chi connectivity index (χ0v) is 13.1. The van der Waals surface area contributed by atoms with Gasteiger partial charge in [-0.25, -0.2) is 12.7 Å². The van der Waals surface area contributed by atoms with Gasteiger partial charge in [-0.05, 0) is 25.7 Å². The van der Waals surface area contributed by atoms with Crippen molar-refractivity contribution in [2.75, 3.05) is 25.9 Å². The maximum Gasteiger partial charge on any atom is 0.224 e. The van der Waals surface area contributed by atoms with E-state index in [0.717, 1.165) is 12.8 Å². The minimum absolute atomic E-state index is 0.103. The molecule has 2 heterocycles. The Labute approximate surface area is 121 Å². The molecular formula is C13H25N3O3S. The first kappa shape index (κ1) is 15.7. The van der Waals surface area contributed by atoms with Crippen molar-refractivity contribution in [1.29, 1.82) is 0 Å². The summed E-state index contributed by atoms with van der Waals surface area (Å²) in [4.78, 5) is 12.1. The van der Waals surface area contributed by atoms with Crippen molar-refractivity contribution >= 4 is 15.9 Å². The molecular weight excluding hydrogens is 278 g/mol. The van der Waals surface area contributed by atoms with Gasteiger partial charge in [-0.1, -0.05) is 6.92 Å². The molecule has 0 aliphatic carbocycles. The van der Waals surface area contributed by atoms with Gasteiger partial charge in [0.2, 0.25) is 15.9 Å². The van der Waals surface area contributed by atoms with E-state index < -0.39 is 10.0 Å². The van der Waals surface area contributed by atoms with E-state index >= 15 is 0 Å². The molecule has 2 bridgehead atoms. The van der Waals surface area contributed by atoms with Crippen molar-refractivity contribution in [1.82, 2.24) is 14.9 Å². The second-order valence-corrected chi connectivity index (χ2v) is 7.77. The number of hydrogen-bond donors (Lipinski definition) is 2. The highest BCUT2D eigenvalue weighted by molar-refractivity contribution is 7.88. The van der Waals surface area contributed by atoms with Gasteiger partial charge in [0.15, 0.2) is 0 Å². The van der Waals surface area contributed by atoms with Crippen molar-refractivity contribution in [2.24, 2.45) is 5.92 Å². The van der Waals surface area contributed by atoms with Gasteiger partial charge in [-0.15, -0.1) is 0 Å². The van der Waals surface area contributed by atoms with Crippen LogP contribution in [0.4, 0.5) is 0 Å². The van der Waals surface area contributed by atoms with E-state index in [2.05, 4.69) is 10.6 Å². The summed E-state index contributed by atoms with van der Waals surface area (Å²) in [6.45, 7) is 3.30. The van der Waals surface area contributed by atoms with Crippen LogP contribution in [0.3, 0.4) is 0 Å². The van der Waals surface area contributed by atoms with Gasteiger partial charge in [0.25, 0.3) is 0 Å². The lowest BCUT2D eigenvalue weighted by molar-refractivity contribution is -0.125. The monoisotopic (exact) mass is 303 g/mol. The molecule has 2 N–H and O–H groups in total. The molecule has 0 saturated carbocycles. The van der Waals surface area contributed by atoms with E-state index in [4.69, 9.17) is 0 Å². The van der Waals surface area contributed by atoms with Crippen LogP contribution in [0.5, 0.6) is 0 Å². The smallest absolute Gasteiger partial charge is 0.224 e. The molecule has 1 amide bonds. The number of amides is 1. The second kappa shape index (κ2) is 6.41. The Hall–Kier alpha value is -0.660. The minimum Gasteiger partial charge on any atom is -0.356 e. The molecule has 6 nitrogen and oxygen atoms in total. The summed E-state index contributed by atoms with van der Waals surface area (Å²) in [5.41, 5.74) is 0. The van der Waals surface area contributed by atoms with Gasteiger partial charge in [0, 0.05) is 31.7 Å². The van der Waals surface area contributed by atoms with Crippen molar-refractivity contribution in [3.63, 3.8) is 0 Å². The van der Waals surface area contributed by atoms with Crippen molar-refractivity contribution in [3.05, 3.63) is 0 Å². The highest BCUT2D eigenvalue weighted by Crippen LogP contribution is 2.33. The lowest BCUT2D eigenvalue weighted by atomic mass is 9.88. The Morgan fingerprint density at radius 1 is 1.40 bits per heavy atom. The lowest BCUT2D eigenvalue weighted by Crippen LogP contribution is -2.39. The number of fused-ring (bicyclic) bond motifs is 2. The topological polar surface area (TPSA) is 78.5 Å². The Balaban J connectivity index is 1.67. The molecule has 0 radical (unpaired) electrons. The average Bonchev–Trinajstić information content (AvgIpc) is 2.99. The SMILES string of the molecule is CCN(CCCNC(=O)C1CC2CCC1N2)S(C)(=O)=O. The number of sulfonamides is 1. The average molecular weight is 303 g/mol. The third kappa shape index (κ3) is 3.71. The van der Waals surface area contributed by atoms with Gasteiger partial charge in [0.05, 0.1) is 12.2 Å². The zero-order chi connectivity index (χ0) is 14.8. The van der Waals surface area contributed by atoms with Crippen LogP contribution in [0.2, 0.25) is 0 Å². The number of nitrogens with zero attached hydrogens (tertiary/aromatic N) is 1. The molecule has 3 atom stereocenters. The molecule has 0 aromatic rings. The number of carbonyl (C=O) groups excluding carboxylic acids is 1. The van der Waals surface area contributed by atoms with Gasteiger partial charge in [-0.2, -0.15) is 0 Å². The van der Waals surface area contributed by atoms with Crippen LogP contribution in [-0.2, 0) is 14.8 Å². The largest absolute Gasteiger partial charge is 0.356 e. The van der Waals surface area contributed by atoms with Crippen LogP contribution >= 0.6 is 0 Å². The molecule has 7 heteroatoms. The first-order valence-corrected chi connectivity index (χ1v) is 9.25. The molecule has 2 fully saturated rings. The molecule has 20 heavy (non-hydrogen) atoms. The third-order valence-electron chi connectivity index (χ3n) is 4.34. The van der Waals surface area contributed by atoms with Crippen LogP contribution in [0.1, 0.15) is 32.6 Å². The van der Waals surface area contributed by atoms with Crippen LogP contribution in [-0.4, -0.2) is 56.6 Å². The second-order valence-electron chi connectivity index (χ2n) is 5.79. The summed E-state index contributed by atoms with van der Waals surface area (Å²) < 4.78 is 24.3. The Kier molecular flexibility index (Phi) is 5.04. The van der Waals surface area contributed by atoms with Gasteiger partial charge in [0.1, 0.15) is 0 Å². The molecule has 2 aliphatic heterocycles. The summed E-state index contributed by atoms with van der Waals surface area (Å²) in [5.74, 6) is 0.220. The number of rotatable bonds is 7. The maximum absolute atomic E-state index is 12.1. The molecule has 116 valence electrons. The van der Waals surface area contributed by atoms with E-state index in [1.807, 2.05) is 6.92 Å². The number of carbonyl (C=O) groups is 1. The quantitative estimate of drug-likeness (QED) is 0.645. The van der Waals surface area contributed by atoms with Gasteiger partial charge >= 0.3 is 0 Å². The molecule has 2 rings (SSSR count). The maximum atomic E-state index is 12.1. The summed E-state index contributed by atoms with van der Waals surface area (Å²) in [6, 6.07) is 0.875. The van der Waals surface area contributed by atoms with E-state index in [0.29, 0.717) is 38.1 Å². The Bertz CT molecular complexity index is 452. The fourth-order valence-electron chi connectivity index (χ4n) is 3.27. The summed E-state index contributed by atoms with van der Waals surface area (Å²) >= 11 is 0. The molecule has 2 aliphatic rings.